The van der Waals surface area contributed by atoms with Gasteiger partial charge in [-0.3, -0.25) is 4.79 Å². The Kier molecular flexibility index (Phi) is 8.08. The summed E-state index contributed by atoms with van der Waals surface area (Å²) in [5, 5.41) is 3.26. The molecule has 2 saturated heterocycles. The summed E-state index contributed by atoms with van der Waals surface area (Å²) in [6, 6.07) is 5.06. The zero-order valence-electron chi connectivity index (χ0n) is 16.2. The summed E-state index contributed by atoms with van der Waals surface area (Å²) in [7, 11) is -2.26. The average Bonchev–Trinajstić information content (AvgIpc) is 2.69. The van der Waals surface area contributed by atoms with Crippen molar-refractivity contribution in [1.29, 1.82) is 0 Å². The minimum absolute atomic E-state index is 0. The van der Waals surface area contributed by atoms with E-state index in [0.717, 1.165) is 13.1 Å². The van der Waals surface area contributed by atoms with E-state index in [1.54, 1.807) is 18.2 Å². The fraction of sp³-hybridized carbons (Fsp3) is 0.611. The van der Waals surface area contributed by atoms with Gasteiger partial charge in [-0.15, -0.1) is 12.4 Å². The van der Waals surface area contributed by atoms with E-state index in [-0.39, 0.29) is 41.4 Å². The number of morpholine rings is 1. The van der Waals surface area contributed by atoms with Gasteiger partial charge in [0.1, 0.15) is 10.6 Å². The van der Waals surface area contributed by atoms with Crippen LogP contribution in [-0.2, 0) is 26.0 Å². The Hall–Kier alpha value is -1.39. The molecule has 1 N–H and O–H groups in total. The van der Waals surface area contributed by atoms with Crippen LogP contribution in [0.1, 0.15) is 12.5 Å². The summed E-state index contributed by atoms with van der Waals surface area (Å²) >= 11 is 0. The van der Waals surface area contributed by atoms with Crippen molar-refractivity contribution in [3.05, 3.63) is 23.8 Å². The lowest BCUT2D eigenvalue weighted by molar-refractivity contribution is -0.133. The lowest BCUT2D eigenvalue weighted by Crippen LogP contribution is -2.52. The smallest absolute Gasteiger partial charge is 0.246 e. The largest absolute Gasteiger partial charge is 0.495 e. The summed E-state index contributed by atoms with van der Waals surface area (Å²) < 4.78 is 38.0. The highest BCUT2D eigenvalue weighted by Gasteiger charge is 2.30. The van der Waals surface area contributed by atoms with Gasteiger partial charge >= 0.3 is 0 Å². The molecule has 28 heavy (non-hydrogen) atoms. The average molecular weight is 434 g/mol. The number of halogens is 1. The van der Waals surface area contributed by atoms with Crippen molar-refractivity contribution in [1.82, 2.24) is 14.5 Å². The number of carbonyl (C=O) groups is 1. The number of methoxy groups -OCH3 is 1. The molecule has 2 aliphatic heterocycles. The fourth-order valence-electron chi connectivity index (χ4n) is 3.45. The minimum Gasteiger partial charge on any atom is -0.495 e. The third-order valence-electron chi connectivity index (χ3n) is 4.99. The van der Waals surface area contributed by atoms with E-state index in [0.29, 0.717) is 38.4 Å². The van der Waals surface area contributed by atoms with Crippen LogP contribution in [0.15, 0.2) is 23.1 Å². The first-order valence-corrected chi connectivity index (χ1v) is 10.6. The molecule has 0 bridgehead atoms. The molecule has 0 radical (unpaired) electrons. The summed E-state index contributed by atoms with van der Waals surface area (Å²) in [5.74, 6) is 0.289. The molecule has 3 rings (SSSR count). The number of carbonyl (C=O) groups excluding carboxylic acids is 1. The number of ether oxygens (including phenoxy) is 2. The Morgan fingerprint density at radius 1 is 1.29 bits per heavy atom. The SMILES string of the molecule is COc1ccc(CC(=O)N2CCNCC2C)cc1S(=O)(=O)N1CCOCC1.Cl. The zero-order valence-corrected chi connectivity index (χ0v) is 17.9. The predicted octanol–water partition coefficient (Wildman–Crippen LogP) is 0.501. The first-order chi connectivity index (χ1) is 12.9. The van der Waals surface area contributed by atoms with Gasteiger partial charge in [-0.1, -0.05) is 6.07 Å². The van der Waals surface area contributed by atoms with Gasteiger partial charge in [0.2, 0.25) is 15.9 Å². The highest BCUT2D eigenvalue weighted by molar-refractivity contribution is 7.89. The quantitative estimate of drug-likeness (QED) is 0.727. The van der Waals surface area contributed by atoms with E-state index in [1.165, 1.54) is 11.4 Å². The van der Waals surface area contributed by atoms with Crippen molar-refractivity contribution >= 4 is 28.3 Å². The second-order valence-electron chi connectivity index (χ2n) is 6.82. The molecule has 0 saturated carbocycles. The molecule has 0 aliphatic carbocycles. The summed E-state index contributed by atoms with van der Waals surface area (Å²) in [5.41, 5.74) is 0.665. The molecule has 8 nitrogen and oxygen atoms in total. The first kappa shape index (κ1) is 22.9. The second-order valence-corrected chi connectivity index (χ2v) is 8.73. The maximum Gasteiger partial charge on any atom is 0.246 e. The Balaban J connectivity index is 0.00000280. The van der Waals surface area contributed by atoms with E-state index in [9.17, 15) is 13.2 Å². The van der Waals surface area contributed by atoms with Gasteiger partial charge in [0.05, 0.1) is 26.7 Å². The molecule has 158 valence electrons. The molecule has 2 heterocycles. The number of amides is 1. The monoisotopic (exact) mass is 433 g/mol. The predicted molar refractivity (Wildman–Crippen MR) is 108 cm³/mol. The van der Waals surface area contributed by atoms with Crippen molar-refractivity contribution in [2.75, 3.05) is 53.0 Å². The lowest BCUT2D eigenvalue weighted by atomic mass is 10.1. The molecule has 0 aromatic heterocycles. The zero-order chi connectivity index (χ0) is 19.4. The normalized spacial score (nSPS) is 21.1. The second kappa shape index (κ2) is 9.89. The molecule has 1 amide bonds. The van der Waals surface area contributed by atoms with Gasteiger partial charge in [0.15, 0.2) is 0 Å². The van der Waals surface area contributed by atoms with E-state index in [1.807, 2.05) is 11.8 Å². The van der Waals surface area contributed by atoms with Crippen LogP contribution >= 0.6 is 12.4 Å². The number of benzene rings is 1. The number of piperazine rings is 1. The van der Waals surface area contributed by atoms with Crippen LogP contribution in [0.2, 0.25) is 0 Å². The maximum absolute atomic E-state index is 13.0. The van der Waals surface area contributed by atoms with Crippen molar-refractivity contribution < 1.29 is 22.7 Å². The van der Waals surface area contributed by atoms with Gasteiger partial charge in [0.25, 0.3) is 0 Å². The van der Waals surface area contributed by atoms with E-state index in [2.05, 4.69) is 5.32 Å². The number of hydrogen-bond donors (Lipinski definition) is 1. The van der Waals surface area contributed by atoms with Crippen LogP contribution < -0.4 is 10.1 Å². The van der Waals surface area contributed by atoms with E-state index < -0.39 is 10.0 Å². The highest BCUT2D eigenvalue weighted by Crippen LogP contribution is 2.28. The number of hydrogen-bond acceptors (Lipinski definition) is 6. The molecular weight excluding hydrogens is 406 g/mol. The number of nitrogens with one attached hydrogen (secondary N) is 1. The number of nitrogens with zero attached hydrogens (tertiary/aromatic N) is 2. The molecule has 0 spiro atoms. The molecule has 10 heteroatoms. The van der Waals surface area contributed by atoms with Crippen molar-refractivity contribution in [3.8, 4) is 5.75 Å². The van der Waals surface area contributed by atoms with Crippen molar-refractivity contribution in [2.45, 2.75) is 24.3 Å². The van der Waals surface area contributed by atoms with Crippen LogP contribution in [-0.4, -0.2) is 82.6 Å². The Morgan fingerprint density at radius 2 is 2.00 bits per heavy atom. The molecule has 1 atom stereocenters. The van der Waals surface area contributed by atoms with Gasteiger partial charge in [0, 0.05) is 38.8 Å². The molecule has 1 aromatic rings. The van der Waals surface area contributed by atoms with Crippen LogP contribution in [0, 0.1) is 0 Å². The van der Waals surface area contributed by atoms with E-state index in [4.69, 9.17) is 9.47 Å². The molecule has 2 aliphatic rings. The minimum atomic E-state index is -3.71. The van der Waals surface area contributed by atoms with Gasteiger partial charge in [-0.05, 0) is 24.6 Å². The topological polar surface area (TPSA) is 88.2 Å². The van der Waals surface area contributed by atoms with E-state index >= 15 is 0 Å². The first-order valence-electron chi connectivity index (χ1n) is 9.18. The summed E-state index contributed by atoms with van der Waals surface area (Å²) in [4.78, 5) is 14.6. The molecule has 2 fully saturated rings. The number of sulfonamides is 1. The third-order valence-corrected chi connectivity index (χ3v) is 6.91. The van der Waals surface area contributed by atoms with Gasteiger partial charge in [-0.25, -0.2) is 8.42 Å². The molecule has 1 unspecified atom stereocenters. The van der Waals surface area contributed by atoms with Crippen LogP contribution in [0.25, 0.3) is 0 Å². The van der Waals surface area contributed by atoms with Gasteiger partial charge < -0.3 is 19.7 Å². The van der Waals surface area contributed by atoms with Crippen LogP contribution in [0.4, 0.5) is 0 Å². The summed E-state index contributed by atoms with van der Waals surface area (Å²) in [6.07, 6.45) is 0.167. The number of rotatable bonds is 5. The third kappa shape index (κ3) is 4.96. The Bertz CT molecular complexity index is 783. The van der Waals surface area contributed by atoms with Gasteiger partial charge in [-0.2, -0.15) is 4.31 Å². The Morgan fingerprint density at radius 3 is 2.64 bits per heavy atom. The fourth-order valence-corrected chi connectivity index (χ4v) is 5.06. The molecule has 1 aromatic carbocycles. The summed E-state index contributed by atoms with van der Waals surface area (Å²) in [6.45, 7) is 5.59. The standard InChI is InChI=1S/C18H27N3O5S.ClH/c1-14-13-19-5-6-21(14)18(22)12-15-3-4-16(25-2)17(11-15)27(23,24)20-7-9-26-10-8-20;/h3-4,11,14,19H,5-10,12-13H2,1-2H3;1H. The van der Waals surface area contributed by atoms with Crippen molar-refractivity contribution in [3.63, 3.8) is 0 Å². The lowest BCUT2D eigenvalue weighted by Gasteiger charge is -2.34. The highest BCUT2D eigenvalue weighted by atomic mass is 35.5. The maximum atomic E-state index is 13.0. The van der Waals surface area contributed by atoms with Crippen LogP contribution in [0.3, 0.4) is 0 Å². The molecular formula is C18H28ClN3O5S. The van der Waals surface area contributed by atoms with Crippen LogP contribution in [0.5, 0.6) is 5.75 Å². The van der Waals surface area contributed by atoms with Crippen molar-refractivity contribution in [2.24, 2.45) is 0 Å². The Labute approximate surface area is 172 Å².